The number of phenols is 1. The first kappa shape index (κ1) is 18.4. The van der Waals surface area contributed by atoms with Crippen LogP contribution in [0.4, 0.5) is 5.69 Å². The van der Waals surface area contributed by atoms with Gasteiger partial charge in [0.2, 0.25) is 0 Å². The molecule has 0 atom stereocenters. The lowest BCUT2D eigenvalue weighted by atomic mass is 10.1. The molecule has 0 fully saturated rings. The van der Waals surface area contributed by atoms with E-state index in [9.17, 15) is 9.90 Å². The fraction of sp³-hybridized carbons (Fsp3) is 0.0909. The maximum absolute atomic E-state index is 12.7. The third-order valence-corrected chi connectivity index (χ3v) is 4.64. The maximum atomic E-state index is 12.7. The largest absolute Gasteiger partial charge is 0.504 e. The van der Waals surface area contributed by atoms with Crippen molar-refractivity contribution in [3.63, 3.8) is 0 Å². The Balaban J connectivity index is 1.70. The van der Waals surface area contributed by atoms with Gasteiger partial charge in [0.25, 0.3) is 5.91 Å². The van der Waals surface area contributed by atoms with Crippen LogP contribution in [0.25, 0.3) is 22.2 Å². The molecule has 146 valence electrons. The minimum Gasteiger partial charge on any atom is -0.504 e. The molecule has 7 nitrogen and oxygen atoms in total. The van der Waals surface area contributed by atoms with Gasteiger partial charge in [-0.2, -0.15) is 0 Å². The van der Waals surface area contributed by atoms with Gasteiger partial charge in [0, 0.05) is 23.3 Å². The second-order valence-electron chi connectivity index (χ2n) is 6.36. The summed E-state index contributed by atoms with van der Waals surface area (Å²) in [5.74, 6) is 0.665. The lowest BCUT2D eigenvalue weighted by Crippen LogP contribution is -2.12. The molecular weight excluding hydrogens is 370 g/mol. The Bertz CT molecular complexity index is 1200. The number of methoxy groups -OCH3 is 2. The van der Waals surface area contributed by atoms with Crippen molar-refractivity contribution in [3.05, 3.63) is 66.5 Å². The second kappa shape index (κ2) is 7.55. The fourth-order valence-corrected chi connectivity index (χ4v) is 3.14. The number of ether oxygens (including phenoxy) is 2. The number of rotatable bonds is 5. The van der Waals surface area contributed by atoms with Crippen LogP contribution in [0.1, 0.15) is 10.4 Å². The third-order valence-electron chi connectivity index (χ3n) is 4.64. The van der Waals surface area contributed by atoms with E-state index in [2.05, 4.69) is 15.3 Å². The number of H-pyrrole nitrogens is 1. The molecule has 7 heteroatoms. The van der Waals surface area contributed by atoms with Gasteiger partial charge in [0.15, 0.2) is 11.5 Å². The topological polar surface area (TPSA) is 96.5 Å². The Kier molecular flexibility index (Phi) is 4.78. The molecule has 2 heterocycles. The number of hydrogen-bond acceptors (Lipinski definition) is 5. The Labute approximate surface area is 166 Å². The number of para-hydroxylation sites is 1. The molecule has 1 amide bonds. The molecule has 0 radical (unpaired) electrons. The van der Waals surface area contributed by atoms with Gasteiger partial charge in [-0.25, -0.2) is 4.98 Å². The summed E-state index contributed by atoms with van der Waals surface area (Å²) in [5, 5.41) is 13.5. The average molecular weight is 389 g/mol. The standard InChI is InChI=1S/C22H19N3O4/c1-28-19-6-4-3-5-15(19)22(27)25-17-12-24-21-16(17)9-14(11-23-21)13-7-8-18(26)20(10-13)29-2/h3-12,26H,1-2H3,(H,23,24)(H,25,27). The number of carbonyl (C=O) groups excluding carboxylic acids is 1. The second-order valence-corrected chi connectivity index (χ2v) is 6.36. The molecule has 0 spiro atoms. The number of aromatic amines is 1. The van der Waals surface area contributed by atoms with Crippen molar-refractivity contribution >= 4 is 22.6 Å². The molecule has 29 heavy (non-hydrogen) atoms. The first-order valence-electron chi connectivity index (χ1n) is 8.89. The summed E-state index contributed by atoms with van der Waals surface area (Å²) in [6.45, 7) is 0. The number of fused-ring (bicyclic) bond motifs is 1. The highest BCUT2D eigenvalue weighted by Crippen LogP contribution is 2.33. The Morgan fingerprint density at radius 2 is 1.83 bits per heavy atom. The van der Waals surface area contributed by atoms with Gasteiger partial charge < -0.3 is 24.9 Å². The van der Waals surface area contributed by atoms with E-state index in [-0.39, 0.29) is 11.7 Å². The Morgan fingerprint density at radius 3 is 2.62 bits per heavy atom. The fourth-order valence-electron chi connectivity index (χ4n) is 3.14. The van der Waals surface area contributed by atoms with Crippen molar-refractivity contribution in [2.45, 2.75) is 0 Å². The average Bonchev–Trinajstić information content (AvgIpc) is 3.16. The van der Waals surface area contributed by atoms with Gasteiger partial charge in [-0.3, -0.25) is 4.79 Å². The highest BCUT2D eigenvalue weighted by molar-refractivity contribution is 6.10. The first-order valence-corrected chi connectivity index (χ1v) is 8.89. The van der Waals surface area contributed by atoms with E-state index < -0.39 is 0 Å². The summed E-state index contributed by atoms with van der Waals surface area (Å²) in [6, 6.07) is 14.0. The van der Waals surface area contributed by atoms with Crippen molar-refractivity contribution < 1.29 is 19.4 Å². The highest BCUT2D eigenvalue weighted by Gasteiger charge is 2.15. The molecule has 0 unspecified atom stereocenters. The van der Waals surface area contributed by atoms with Gasteiger partial charge in [-0.15, -0.1) is 0 Å². The minimum absolute atomic E-state index is 0.0664. The van der Waals surface area contributed by atoms with Crippen molar-refractivity contribution in [2.24, 2.45) is 0 Å². The number of pyridine rings is 1. The van der Waals surface area contributed by atoms with Crippen LogP contribution in [0.5, 0.6) is 17.2 Å². The SMILES string of the molecule is COc1cc(-c2cnc3[nH]cc(NC(=O)c4ccccc4OC)c3c2)ccc1O. The summed E-state index contributed by atoms with van der Waals surface area (Å²) in [7, 11) is 3.03. The van der Waals surface area contributed by atoms with E-state index >= 15 is 0 Å². The summed E-state index contributed by atoms with van der Waals surface area (Å²) >= 11 is 0. The number of carbonyl (C=O) groups is 1. The van der Waals surface area contributed by atoms with Gasteiger partial charge >= 0.3 is 0 Å². The van der Waals surface area contributed by atoms with Crippen LogP contribution in [-0.2, 0) is 0 Å². The Morgan fingerprint density at radius 1 is 1.03 bits per heavy atom. The van der Waals surface area contributed by atoms with Crippen molar-refractivity contribution in [1.29, 1.82) is 0 Å². The Hall–Kier alpha value is -4.00. The van der Waals surface area contributed by atoms with Crippen LogP contribution in [0.2, 0.25) is 0 Å². The lowest BCUT2D eigenvalue weighted by Gasteiger charge is -2.09. The summed E-state index contributed by atoms with van der Waals surface area (Å²) in [6.07, 6.45) is 3.42. The number of benzene rings is 2. The maximum Gasteiger partial charge on any atom is 0.259 e. The zero-order valence-corrected chi connectivity index (χ0v) is 15.9. The number of aromatic nitrogens is 2. The van der Waals surface area contributed by atoms with Crippen LogP contribution in [-0.4, -0.2) is 35.2 Å². The van der Waals surface area contributed by atoms with Crippen LogP contribution in [0.3, 0.4) is 0 Å². The number of nitrogens with zero attached hydrogens (tertiary/aromatic N) is 1. The van der Waals surface area contributed by atoms with Crippen molar-refractivity contribution in [1.82, 2.24) is 9.97 Å². The molecule has 3 N–H and O–H groups in total. The van der Waals surface area contributed by atoms with E-state index in [1.54, 1.807) is 48.8 Å². The molecule has 0 aliphatic carbocycles. The van der Waals surface area contributed by atoms with Crippen LogP contribution >= 0.6 is 0 Å². The number of nitrogens with one attached hydrogen (secondary N) is 2. The molecule has 0 bridgehead atoms. The van der Waals surface area contributed by atoms with E-state index in [1.165, 1.54) is 14.2 Å². The van der Waals surface area contributed by atoms with Gasteiger partial charge in [-0.05, 0) is 35.9 Å². The number of amides is 1. The number of aromatic hydroxyl groups is 1. The van der Waals surface area contributed by atoms with Crippen LogP contribution in [0.15, 0.2) is 60.9 Å². The van der Waals surface area contributed by atoms with E-state index in [4.69, 9.17) is 9.47 Å². The third kappa shape index (κ3) is 3.45. The minimum atomic E-state index is -0.278. The van der Waals surface area contributed by atoms with Gasteiger partial charge in [0.1, 0.15) is 11.4 Å². The molecule has 0 aliphatic heterocycles. The van der Waals surface area contributed by atoms with Crippen LogP contribution in [0, 0.1) is 0 Å². The normalized spacial score (nSPS) is 10.7. The molecule has 4 rings (SSSR count). The zero-order valence-electron chi connectivity index (χ0n) is 15.9. The van der Waals surface area contributed by atoms with Crippen molar-refractivity contribution in [3.8, 4) is 28.4 Å². The van der Waals surface area contributed by atoms with E-state index in [1.807, 2.05) is 12.1 Å². The molecule has 0 saturated carbocycles. The number of hydrogen-bond donors (Lipinski definition) is 3. The quantitative estimate of drug-likeness (QED) is 0.475. The van der Waals surface area contributed by atoms with Gasteiger partial charge in [0.05, 0.1) is 25.5 Å². The van der Waals surface area contributed by atoms with Crippen molar-refractivity contribution in [2.75, 3.05) is 19.5 Å². The van der Waals surface area contributed by atoms with E-state index in [0.717, 1.165) is 16.5 Å². The molecule has 2 aromatic heterocycles. The van der Waals surface area contributed by atoms with Gasteiger partial charge in [-0.1, -0.05) is 18.2 Å². The molecular formula is C22H19N3O4. The first-order chi connectivity index (χ1) is 14.1. The summed E-state index contributed by atoms with van der Waals surface area (Å²) in [5.41, 5.74) is 3.35. The van der Waals surface area contributed by atoms with Crippen LogP contribution < -0.4 is 14.8 Å². The van der Waals surface area contributed by atoms with E-state index in [0.29, 0.717) is 28.4 Å². The molecule has 0 aliphatic rings. The predicted octanol–water partition coefficient (Wildman–Crippen LogP) is 4.21. The zero-order chi connectivity index (χ0) is 20.4. The summed E-state index contributed by atoms with van der Waals surface area (Å²) < 4.78 is 10.4. The molecule has 4 aromatic rings. The molecule has 2 aromatic carbocycles. The smallest absolute Gasteiger partial charge is 0.259 e. The summed E-state index contributed by atoms with van der Waals surface area (Å²) in [4.78, 5) is 20.2. The monoisotopic (exact) mass is 389 g/mol. The number of phenolic OH excluding ortho intramolecular Hbond substituents is 1. The lowest BCUT2D eigenvalue weighted by molar-refractivity contribution is 0.102. The highest BCUT2D eigenvalue weighted by atomic mass is 16.5. The predicted molar refractivity (Wildman–Crippen MR) is 111 cm³/mol. The number of anilines is 1. The molecule has 0 saturated heterocycles.